The predicted molar refractivity (Wildman–Crippen MR) is 71.2 cm³/mol. The summed E-state index contributed by atoms with van der Waals surface area (Å²) in [7, 11) is 0. The Labute approximate surface area is 122 Å². The van der Waals surface area contributed by atoms with E-state index < -0.39 is 12.4 Å². The van der Waals surface area contributed by atoms with Gasteiger partial charge < -0.3 is 19.4 Å². The maximum Gasteiger partial charge on any atom is 0.511 e. The van der Waals surface area contributed by atoms with Crippen molar-refractivity contribution in [1.29, 1.82) is 0 Å². The predicted octanol–water partition coefficient (Wildman–Crippen LogP) is 0.559. The van der Waals surface area contributed by atoms with E-state index in [4.69, 9.17) is 24.0 Å². The van der Waals surface area contributed by atoms with Crippen molar-refractivity contribution in [2.45, 2.75) is 46.0 Å². The van der Waals surface area contributed by atoms with Gasteiger partial charge >= 0.3 is 6.16 Å². The van der Waals surface area contributed by atoms with Crippen LogP contribution in [-0.4, -0.2) is 53.3 Å². The molecule has 1 saturated heterocycles. The Balaban J connectivity index is 1.71. The minimum atomic E-state index is -0.823. The molecular formula is C12H23N3O6. The number of rotatable bonds is 6. The standard InChI is InChI=1S/C12H23N3O6/c1-9(2)18-12(17)19-10(3)20-15-14(21-15)13-6-4-11(8-16)5-7-13/h9-11,16H,4-8H2,1-3H3. The third kappa shape index (κ3) is 4.62. The summed E-state index contributed by atoms with van der Waals surface area (Å²) >= 11 is 0. The molecule has 0 bridgehead atoms. The maximum absolute atomic E-state index is 11.3. The Hall–Kier alpha value is -1.77. The van der Waals surface area contributed by atoms with Crippen LogP contribution in [0.15, 0.2) is 4.63 Å². The van der Waals surface area contributed by atoms with Gasteiger partial charge in [-0.05, 0) is 32.6 Å². The van der Waals surface area contributed by atoms with Crippen molar-refractivity contribution in [3.8, 4) is 0 Å². The second-order valence-electron chi connectivity index (χ2n) is 5.36. The highest BCUT2D eigenvalue weighted by molar-refractivity contribution is 5.60. The average Bonchev–Trinajstić information content (AvgIpc) is 3.16. The van der Waals surface area contributed by atoms with Gasteiger partial charge in [0.05, 0.1) is 6.10 Å². The third-order valence-electron chi connectivity index (χ3n) is 3.18. The van der Waals surface area contributed by atoms with Crippen LogP contribution < -0.4 is 9.85 Å². The zero-order valence-electron chi connectivity index (χ0n) is 12.6. The molecule has 1 aromatic rings. The molecule has 0 amide bonds. The number of piperidine rings is 1. The van der Waals surface area contributed by atoms with Crippen molar-refractivity contribution in [2.75, 3.05) is 24.7 Å². The highest BCUT2D eigenvalue weighted by Crippen LogP contribution is 2.16. The van der Waals surface area contributed by atoms with Crippen molar-refractivity contribution in [3.05, 3.63) is 0 Å². The molecule has 9 heteroatoms. The lowest BCUT2D eigenvalue weighted by atomic mass is 9.99. The molecule has 1 N–H and O–H groups in total. The van der Waals surface area contributed by atoms with Crippen LogP contribution in [0.2, 0.25) is 0 Å². The minimum Gasteiger partial charge on any atom is -0.431 e. The number of carbonyl (C=O) groups is 1. The number of nitrogens with zero attached hydrogens (tertiary/aromatic N) is 3. The van der Waals surface area contributed by atoms with Crippen molar-refractivity contribution in [2.24, 2.45) is 5.92 Å². The quantitative estimate of drug-likeness (QED) is 0.606. The van der Waals surface area contributed by atoms with E-state index in [0.29, 0.717) is 5.92 Å². The fourth-order valence-electron chi connectivity index (χ4n) is 2.04. The number of aliphatic hydroxyl groups excluding tert-OH is 1. The number of hydrogen-bond acceptors (Lipinski definition) is 7. The maximum atomic E-state index is 11.3. The Bertz CT molecular complexity index is 429. The first kappa shape index (κ1) is 15.6. The van der Waals surface area contributed by atoms with Gasteiger partial charge in [-0.15, -0.1) is 0 Å². The number of ether oxygens (including phenoxy) is 2. The zero-order chi connectivity index (χ0) is 15.4. The number of aromatic nitrogens is 2. The largest absolute Gasteiger partial charge is 0.511 e. The van der Waals surface area contributed by atoms with E-state index in [1.807, 2.05) is 5.01 Å². The van der Waals surface area contributed by atoms with Crippen molar-refractivity contribution in [3.63, 3.8) is 0 Å². The van der Waals surface area contributed by atoms with Gasteiger partial charge in [0.2, 0.25) is 0 Å². The van der Waals surface area contributed by atoms with Gasteiger partial charge in [0.15, 0.2) is 0 Å². The van der Waals surface area contributed by atoms with Crippen LogP contribution in [0.5, 0.6) is 0 Å². The van der Waals surface area contributed by atoms with E-state index in [1.165, 1.54) is 4.96 Å². The smallest absolute Gasteiger partial charge is 0.431 e. The lowest BCUT2D eigenvalue weighted by Crippen LogP contribution is -2.41. The molecule has 21 heavy (non-hydrogen) atoms. The topological polar surface area (TPSA) is 91.2 Å². The fourth-order valence-corrected chi connectivity index (χ4v) is 2.04. The zero-order valence-corrected chi connectivity index (χ0v) is 12.6. The molecular weight excluding hydrogens is 282 g/mol. The molecule has 0 aliphatic carbocycles. The summed E-state index contributed by atoms with van der Waals surface area (Å²) in [5.74, 6) is 0.351. The Kier molecular flexibility index (Phi) is 5.05. The first-order valence-corrected chi connectivity index (χ1v) is 7.17. The highest BCUT2D eigenvalue weighted by Gasteiger charge is 2.27. The van der Waals surface area contributed by atoms with E-state index in [2.05, 4.69) is 0 Å². The lowest BCUT2D eigenvalue weighted by molar-refractivity contribution is -0.136. The van der Waals surface area contributed by atoms with Crippen LogP contribution in [0.25, 0.3) is 0 Å². The summed E-state index contributed by atoms with van der Waals surface area (Å²) in [6.07, 6.45) is -0.0501. The fraction of sp³-hybridized carbons (Fsp3) is 0.917. The lowest BCUT2D eigenvalue weighted by Gasteiger charge is -2.27. The van der Waals surface area contributed by atoms with E-state index in [1.54, 1.807) is 20.8 Å². The van der Waals surface area contributed by atoms with Crippen LogP contribution in [-0.2, 0) is 9.47 Å². The SMILES string of the molecule is CC(C)OC(=O)OC(C)On1on1N1CCC(CO)CC1. The Morgan fingerprint density at radius 3 is 2.52 bits per heavy atom. The first-order chi connectivity index (χ1) is 9.99. The molecule has 1 fully saturated rings. The van der Waals surface area contributed by atoms with Crippen molar-refractivity contribution in [1.82, 2.24) is 9.98 Å². The second kappa shape index (κ2) is 6.79. The van der Waals surface area contributed by atoms with Crippen LogP contribution in [0.1, 0.15) is 33.6 Å². The molecule has 1 unspecified atom stereocenters. The summed E-state index contributed by atoms with van der Waals surface area (Å²) in [5, 5.41) is 12.2. The first-order valence-electron chi connectivity index (χ1n) is 7.17. The molecule has 1 atom stereocenters. The average molecular weight is 305 g/mol. The van der Waals surface area contributed by atoms with Crippen molar-refractivity contribution < 1.29 is 28.8 Å². The van der Waals surface area contributed by atoms with Gasteiger partial charge in [-0.1, -0.05) is 0 Å². The van der Waals surface area contributed by atoms with Crippen molar-refractivity contribution >= 4 is 6.16 Å². The molecule has 2 rings (SSSR count). The second-order valence-corrected chi connectivity index (χ2v) is 5.36. The van der Waals surface area contributed by atoms with Crippen LogP contribution >= 0.6 is 0 Å². The molecule has 1 aliphatic rings. The Morgan fingerprint density at radius 2 is 1.95 bits per heavy atom. The Morgan fingerprint density at radius 1 is 1.29 bits per heavy atom. The van der Waals surface area contributed by atoms with Gasteiger partial charge in [-0.25, -0.2) is 4.79 Å². The molecule has 0 spiro atoms. The minimum absolute atomic E-state index is 0.220. The molecule has 1 aromatic heterocycles. The van der Waals surface area contributed by atoms with Gasteiger partial charge in [-0.2, -0.15) is 4.63 Å². The van der Waals surface area contributed by atoms with E-state index in [-0.39, 0.29) is 12.7 Å². The van der Waals surface area contributed by atoms with Gasteiger partial charge in [0.1, 0.15) is 5.02 Å². The highest BCUT2D eigenvalue weighted by atomic mass is 17.0. The number of hydrogen-bond donors (Lipinski definition) is 1. The summed E-state index contributed by atoms with van der Waals surface area (Å²) in [6.45, 7) is 6.80. The molecule has 0 saturated carbocycles. The molecule has 2 heterocycles. The molecule has 9 nitrogen and oxygen atoms in total. The number of carbonyl (C=O) groups excluding carboxylic acids is 1. The molecule has 0 aromatic carbocycles. The van der Waals surface area contributed by atoms with Gasteiger partial charge in [0.25, 0.3) is 6.29 Å². The molecule has 0 radical (unpaired) electrons. The normalized spacial score (nSPS) is 18.0. The van der Waals surface area contributed by atoms with E-state index in [0.717, 1.165) is 30.9 Å². The van der Waals surface area contributed by atoms with Crippen LogP contribution in [0, 0.1) is 5.92 Å². The van der Waals surface area contributed by atoms with Gasteiger partial charge in [-0.3, -0.25) is 5.01 Å². The van der Waals surface area contributed by atoms with Crippen LogP contribution in [0.3, 0.4) is 0 Å². The third-order valence-corrected chi connectivity index (χ3v) is 3.18. The summed E-state index contributed by atoms with van der Waals surface area (Å²) < 4.78 is 14.9. The molecule has 1 aliphatic heterocycles. The van der Waals surface area contributed by atoms with E-state index in [9.17, 15) is 4.79 Å². The number of aliphatic hydroxyl groups is 1. The summed E-state index contributed by atoms with van der Waals surface area (Å²) in [6, 6.07) is 0. The van der Waals surface area contributed by atoms with Crippen LogP contribution in [0.4, 0.5) is 4.79 Å². The molecule has 122 valence electrons. The summed E-state index contributed by atoms with van der Waals surface area (Å²) in [4.78, 5) is 18.0. The van der Waals surface area contributed by atoms with E-state index >= 15 is 0 Å². The van der Waals surface area contributed by atoms with Gasteiger partial charge in [0, 0.05) is 31.6 Å². The monoisotopic (exact) mass is 305 g/mol. The summed E-state index contributed by atoms with van der Waals surface area (Å²) in [5.41, 5.74) is 0.